The lowest BCUT2D eigenvalue weighted by Crippen LogP contribution is -2.49. The van der Waals surface area contributed by atoms with Crippen molar-refractivity contribution in [1.82, 2.24) is 15.1 Å². The number of halogens is 1. The average molecular weight is 493 g/mol. The highest BCUT2D eigenvalue weighted by Crippen LogP contribution is 2.21. The summed E-state index contributed by atoms with van der Waals surface area (Å²) in [7, 11) is 0. The minimum atomic E-state index is -0.155. The Bertz CT molecular complexity index is 1040. The molecule has 2 N–H and O–H groups in total. The number of carbonyl (C=O) groups is 2. The first-order chi connectivity index (χ1) is 17.1. The van der Waals surface area contributed by atoms with Gasteiger partial charge in [0.05, 0.1) is 10.7 Å². The van der Waals surface area contributed by atoms with Gasteiger partial charge in [0.1, 0.15) is 0 Å². The molecule has 0 bridgehead atoms. The van der Waals surface area contributed by atoms with Gasteiger partial charge >= 0.3 is 6.03 Å². The van der Waals surface area contributed by atoms with E-state index in [0.29, 0.717) is 49.9 Å². The molecule has 1 heterocycles. The fraction of sp³-hybridized carbons (Fsp3) is 0.286. The largest absolute Gasteiger partial charge is 0.368 e. The van der Waals surface area contributed by atoms with Gasteiger partial charge in [-0.3, -0.25) is 4.79 Å². The second-order valence-corrected chi connectivity index (χ2v) is 8.66. The molecule has 1 aliphatic rings. The van der Waals surface area contributed by atoms with E-state index < -0.39 is 0 Å². The van der Waals surface area contributed by atoms with Crippen LogP contribution in [0.5, 0.6) is 0 Å². The minimum Gasteiger partial charge on any atom is -0.368 e. The fourth-order valence-corrected chi connectivity index (χ4v) is 4.03. The summed E-state index contributed by atoms with van der Waals surface area (Å²) in [6.07, 6.45) is 9.87. The second-order valence-electron chi connectivity index (χ2n) is 8.26. The Morgan fingerprint density at radius 2 is 1.66 bits per heavy atom. The second kappa shape index (κ2) is 14.0. The summed E-state index contributed by atoms with van der Waals surface area (Å²) in [6, 6.07) is 17.2. The van der Waals surface area contributed by atoms with E-state index in [1.54, 1.807) is 23.1 Å². The van der Waals surface area contributed by atoms with E-state index in [0.717, 1.165) is 18.5 Å². The van der Waals surface area contributed by atoms with Crippen LogP contribution in [0.25, 0.3) is 0 Å². The van der Waals surface area contributed by atoms with Crippen LogP contribution in [0.2, 0.25) is 5.02 Å². The van der Waals surface area contributed by atoms with Crippen LogP contribution in [-0.2, 0) is 11.2 Å². The van der Waals surface area contributed by atoms with Gasteiger partial charge in [0, 0.05) is 44.8 Å². The van der Waals surface area contributed by atoms with Gasteiger partial charge in [-0.15, -0.1) is 0 Å². The molecule has 0 saturated carbocycles. The quantitative estimate of drug-likeness (QED) is 0.445. The number of amides is 3. The molecule has 2 aromatic rings. The third-order valence-corrected chi connectivity index (χ3v) is 6.08. The Hall–Kier alpha value is -3.51. The molecule has 7 heteroatoms. The van der Waals surface area contributed by atoms with E-state index in [1.807, 2.05) is 48.6 Å². The summed E-state index contributed by atoms with van der Waals surface area (Å²) >= 11 is 6.14. The predicted octanol–water partition coefficient (Wildman–Crippen LogP) is 5.25. The maximum Gasteiger partial charge on any atom is 0.322 e. The highest BCUT2D eigenvalue weighted by Gasteiger charge is 2.22. The van der Waals surface area contributed by atoms with Gasteiger partial charge in [-0.1, -0.05) is 72.8 Å². The number of hydrogen-bond acceptors (Lipinski definition) is 3. The van der Waals surface area contributed by atoms with Crippen molar-refractivity contribution in [3.8, 4) is 0 Å². The van der Waals surface area contributed by atoms with Crippen molar-refractivity contribution in [2.45, 2.75) is 19.3 Å². The maximum atomic E-state index is 12.6. The molecule has 0 radical (unpaired) electrons. The SMILES string of the molecule is C=C/C=C(\C=C/CNC(=O)CCCc1ccccc1)N1CCN(C(=O)Nc2ccccc2Cl)CC1. The Morgan fingerprint density at radius 1 is 0.971 bits per heavy atom. The van der Waals surface area contributed by atoms with Crippen LogP contribution in [0, 0.1) is 0 Å². The van der Waals surface area contributed by atoms with E-state index in [9.17, 15) is 9.59 Å². The minimum absolute atomic E-state index is 0.0537. The number of urea groups is 1. The monoisotopic (exact) mass is 492 g/mol. The third-order valence-electron chi connectivity index (χ3n) is 5.75. The Kier molecular flexibility index (Phi) is 10.5. The molecule has 3 rings (SSSR count). The van der Waals surface area contributed by atoms with E-state index in [2.05, 4.69) is 34.2 Å². The maximum absolute atomic E-state index is 12.6. The van der Waals surface area contributed by atoms with Crippen LogP contribution in [0.3, 0.4) is 0 Å². The first-order valence-electron chi connectivity index (χ1n) is 11.9. The number of para-hydroxylation sites is 1. The topological polar surface area (TPSA) is 64.7 Å². The van der Waals surface area contributed by atoms with Gasteiger partial charge < -0.3 is 20.4 Å². The van der Waals surface area contributed by atoms with Crippen LogP contribution < -0.4 is 10.6 Å². The Morgan fingerprint density at radius 3 is 2.37 bits per heavy atom. The van der Waals surface area contributed by atoms with E-state index in [1.165, 1.54) is 5.56 Å². The molecule has 0 atom stereocenters. The predicted molar refractivity (Wildman–Crippen MR) is 143 cm³/mol. The van der Waals surface area contributed by atoms with Gasteiger partial charge in [0.25, 0.3) is 0 Å². The van der Waals surface area contributed by atoms with E-state index in [-0.39, 0.29) is 11.9 Å². The van der Waals surface area contributed by atoms with Gasteiger partial charge in [0.15, 0.2) is 0 Å². The molecule has 0 unspecified atom stereocenters. The molecule has 6 nitrogen and oxygen atoms in total. The highest BCUT2D eigenvalue weighted by atomic mass is 35.5. The molecule has 2 aromatic carbocycles. The first-order valence-corrected chi connectivity index (χ1v) is 12.3. The Labute approximate surface area is 212 Å². The summed E-state index contributed by atoms with van der Waals surface area (Å²) in [5.74, 6) is 0.0537. The van der Waals surface area contributed by atoms with Crippen molar-refractivity contribution in [3.63, 3.8) is 0 Å². The lowest BCUT2D eigenvalue weighted by molar-refractivity contribution is -0.120. The van der Waals surface area contributed by atoms with Gasteiger partial charge in [-0.2, -0.15) is 0 Å². The number of piperazine rings is 1. The molecular formula is C28H33ClN4O2. The molecule has 1 fully saturated rings. The lowest BCUT2D eigenvalue weighted by Gasteiger charge is -2.36. The third kappa shape index (κ3) is 8.65. The van der Waals surface area contributed by atoms with Crippen molar-refractivity contribution in [3.05, 3.63) is 102 Å². The number of rotatable bonds is 10. The summed E-state index contributed by atoms with van der Waals surface area (Å²) in [4.78, 5) is 28.7. The summed E-state index contributed by atoms with van der Waals surface area (Å²) < 4.78 is 0. The van der Waals surface area contributed by atoms with Crippen molar-refractivity contribution < 1.29 is 9.59 Å². The van der Waals surface area contributed by atoms with E-state index in [4.69, 9.17) is 11.6 Å². The number of nitrogens with one attached hydrogen (secondary N) is 2. The number of allylic oxidation sites excluding steroid dienone is 3. The van der Waals surface area contributed by atoms with Gasteiger partial charge in [-0.05, 0) is 42.7 Å². The lowest BCUT2D eigenvalue weighted by atomic mass is 10.1. The van der Waals surface area contributed by atoms with Crippen LogP contribution in [0.4, 0.5) is 10.5 Å². The van der Waals surface area contributed by atoms with Crippen molar-refractivity contribution in [2.75, 3.05) is 38.0 Å². The van der Waals surface area contributed by atoms with Crippen molar-refractivity contribution in [2.24, 2.45) is 0 Å². The zero-order chi connectivity index (χ0) is 24.9. The molecule has 0 spiro atoms. The summed E-state index contributed by atoms with van der Waals surface area (Å²) in [5.41, 5.74) is 2.87. The molecule has 0 aliphatic carbocycles. The number of benzene rings is 2. The molecular weight excluding hydrogens is 460 g/mol. The smallest absolute Gasteiger partial charge is 0.322 e. The molecule has 1 aliphatic heterocycles. The van der Waals surface area contributed by atoms with Crippen LogP contribution in [0.15, 0.2) is 91.2 Å². The summed E-state index contributed by atoms with van der Waals surface area (Å²) in [6.45, 7) is 6.87. The van der Waals surface area contributed by atoms with E-state index >= 15 is 0 Å². The highest BCUT2D eigenvalue weighted by molar-refractivity contribution is 6.33. The molecule has 0 aromatic heterocycles. The number of carbonyl (C=O) groups excluding carboxylic acids is 2. The standard InChI is InChI=1S/C28H33ClN4O2/c1-2-10-24(14-9-18-30-27(34)17-8-13-23-11-4-3-5-12-23)32-19-21-33(22-20-32)28(35)31-26-16-7-6-15-25(26)29/h2-7,9-12,14-16H,1,8,13,17-22H2,(H,30,34)(H,31,35)/b14-9-,24-10+. The van der Waals surface area contributed by atoms with Crippen molar-refractivity contribution >= 4 is 29.2 Å². The molecule has 1 saturated heterocycles. The van der Waals surface area contributed by atoms with Crippen LogP contribution >= 0.6 is 11.6 Å². The number of anilines is 1. The van der Waals surface area contributed by atoms with Gasteiger partial charge in [0.2, 0.25) is 5.91 Å². The fourth-order valence-electron chi connectivity index (χ4n) is 3.85. The molecule has 184 valence electrons. The first kappa shape index (κ1) is 26.1. The average Bonchev–Trinajstić information content (AvgIpc) is 2.88. The van der Waals surface area contributed by atoms with Crippen LogP contribution in [-0.4, -0.2) is 54.5 Å². The number of nitrogens with zero attached hydrogens (tertiary/aromatic N) is 2. The molecule has 35 heavy (non-hydrogen) atoms. The molecule has 3 amide bonds. The van der Waals surface area contributed by atoms with Crippen molar-refractivity contribution in [1.29, 1.82) is 0 Å². The zero-order valence-electron chi connectivity index (χ0n) is 20.0. The van der Waals surface area contributed by atoms with Crippen LogP contribution in [0.1, 0.15) is 18.4 Å². The van der Waals surface area contributed by atoms with Gasteiger partial charge in [-0.25, -0.2) is 4.79 Å². The number of hydrogen-bond donors (Lipinski definition) is 2. The summed E-state index contributed by atoms with van der Waals surface area (Å²) in [5, 5.41) is 6.34. The Balaban J connectivity index is 1.39. The zero-order valence-corrected chi connectivity index (χ0v) is 20.7. The number of aryl methyl sites for hydroxylation is 1. The normalized spacial score (nSPS) is 14.1.